The number of hydrogen-bond acceptors (Lipinski definition) is 2. The minimum atomic E-state index is 0.890. The second-order valence-electron chi connectivity index (χ2n) is 15.0. The number of anilines is 2. The van der Waals surface area contributed by atoms with Gasteiger partial charge in [0.25, 0.3) is 0 Å². The highest BCUT2D eigenvalue weighted by Gasteiger charge is 2.08. The third-order valence-corrected chi connectivity index (χ3v) is 10.6. The van der Waals surface area contributed by atoms with E-state index in [1.807, 2.05) is 0 Å². The van der Waals surface area contributed by atoms with Gasteiger partial charge in [0.15, 0.2) is 0 Å². The Kier molecular flexibility index (Phi) is 18.1. The van der Waals surface area contributed by atoms with Crippen LogP contribution in [0.25, 0.3) is 0 Å². The molecule has 0 unspecified atom stereocenters. The predicted octanol–water partition coefficient (Wildman–Crippen LogP) is 13.2. The number of hydrogen-bond donors (Lipinski definition) is 2. The number of benzene rings is 4. The van der Waals surface area contributed by atoms with Gasteiger partial charge in [-0.3, -0.25) is 0 Å². The molecule has 0 amide bonds. The molecule has 4 rings (SSSR count). The lowest BCUT2D eigenvalue weighted by molar-refractivity contribution is 0.594. The average Bonchev–Trinajstić information content (AvgIpc) is 3.12. The summed E-state index contributed by atoms with van der Waals surface area (Å²) in [5.41, 5.74) is 25.6. The number of rotatable bonds is 25. The minimum absolute atomic E-state index is 0.890. The van der Waals surface area contributed by atoms with E-state index in [0.29, 0.717) is 0 Å². The van der Waals surface area contributed by atoms with Crippen molar-refractivity contribution in [2.75, 3.05) is 11.5 Å². The first-order chi connectivity index (χ1) is 24.5. The molecule has 0 saturated carbocycles. The van der Waals surface area contributed by atoms with Gasteiger partial charge in [-0.1, -0.05) is 152 Å². The number of unbranched alkanes of at least 4 members (excludes halogenated alkanes) is 13. The largest absolute Gasteiger partial charge is 0.399 e. The third kappa shape index (κ3) is 14.8. The Morgan fingerprint density at radius 1 is 0.320 bits per heavy atom. The van der Waals surface area contributed by atoms with Gasteiger partial charge < -0.3 is 11.5 Å². The molecule has 0 aliphatic carbocycles. The molecule has 2 heteroatoms. The highest BCUT2D eigenvalue weighted by Crippen LogP contribution is 2.23. The second-order valence-corrected chi connectivity index (χ2v) is 15.0. The third-order valence-electron chi connectivity index (χ3n) is 10.6. The first-order valence-corrected chi connectivity index (χ1v) is 20.4. The van der Waals surface area contributed by atoms with Crippen molar-refractivity contribution in [2.24, 2.45) is 0 Å². The molecule has 0 radical (unpaired) electrons. The number of nitrogen functional groups attached to an aromatic ring is 2. The molecule has 270 valence electrons. The zero-order valence-corrected chi connectivity index (χ0v) is 31.8. The van der Waals surface area contributed by atoms with Crippen molar-refractivity contribution in [3.05, 3.63) is 129 Å². The molecule has 4 aromatic rings. The van der Waals surface area contributed by atoms with Gasteiger partial charge in [-0.25, -0.2) is 0 Å². The maximum absolute atomic E-state index is 6.15. The monoisotopic (exact) mass is 673 g/mol. The summed E-state index contributed by atoms with van der Waals surface area (Å²) in [5.74, 6) is 0. The van der Waals surface area contributed by atoms with Gasteiger partial charge in [0.1, 0.15) is 0 Å². The molecule has 4 N–H and O–H groups in total. The Bertz CT molecular complexity index is 1370. The fourth-order valence-electron chi connectivity index (χ4n) is 7.39. The summed E-state index contributed by atoms with van der Waals surface area (Å²) in [7, 11) is 0. The van der Waals surface area contributed by atoms with Gasteiger partial charge in [0, 0.05) is 11.4 Å². The maximum Gasteiger partial charge on any atom is 0.0316 e. The molecule has 0 atom stereocenters. The minimum Gasteiger partial charge on any atom is -0.399 e. The summed E-state index contributed by atoms with van der Waals surface area (Å²) >= 11 is 0. The summed E-state index contributed by atoms with van der Waals surface area (Å²) < 4.78 is 0. The molecule has 50 heavy (non-hydrogen) atoms. The fraction of sp³-hybridized carbons (Fsp3) is 0.500. The van der Waals surface area contributed by atoms with Crippen LogP contribution in [0.5, 0.6) is 0 Å². The fourth-order valence-corrected chi connectivity index (χ4v) is 7.39. The van der Waals surface area contributed by atoms with E-state index in [9.17, 15) is 0 Å². The molecule has 2 nitrogen and oxygen atoms in total. The number of aryl methyl sites for hydroxylation is 4. The lowest BCUT2D eigenvalue weighted by Crippen LogP contribution is -1.99. The van der Waals surface area contributed by atoms with Gasteiger partial charge in [0.05, 0.1) is 0 Å². The van der Waals surface area contributed by atoms with Crippen molar-refractivity contribution in [3.8, 4) is 0 Å². The Morgan fingerprint density at radius 3 is 1.02 bits per heavy atom. The summed E-state index contributed by atoms with van der Waals surface area (Å²) in [4.78, 5) is 0. The quantitative estimate of drug-likeness (QED) is 0.0544. The topological polar surface area (TPSA) is 52.0 Å². The van der Waals surface area contributed by atoms with Gasteiger partial charge in [-0.15, -0.1) is 0 Å². The van der Waals surface area contributed by atoms with Gasteiger partial charge in [-0.2, -0.15) is 0 Å². The highest BCUT2D eigenvalue weighted by atomic mass is 14.5. The first kappa shape index (κ1) is 39.3. The normalized spacial score (nSPS) is 11.3. The highest BCUT2D eigenvalue weighted by molar-refractivity contribution is 5.47. The van der Waals surface area contributed by atoms with Crippen molar-refractivity contribution in [2.45, 2.75) is 155 Å². The zero-order chi connectivity index (χ0) is 35.2. The predicted molar refractivity (Wildman–Crippen MR) is 220 cm³/mol. The van der Waals surface area contributed by atoms with Crippen molar-refractivity contribution in [3.63, 3.8) is 0 Å². The van der Waals surface area contributed by atoms with Crippen LogP contribution in [0.1, 0.15) is 161 Å². The van der Waals surface area contributed by atoms with Crippen molar-refractivity contribution in [1.82, 2.24) is 0 Å². The Balaban J connectivity index is 1.09. The van der Waals surface area contributed by atoms with Crippen molar-refractivity contribution in [1.29, 1.82) is 0 Å². The van der Waals surface area contributed by atoms with E-state index in [1.54, 1.807) is 0 Å². The molecule has 0 spiro atoms. The molecular formula is C48H68N2. The van der Waals surface area contributed by atoms with Crippen LogP contribution in [0, 0.1) is 0 Å². The lowest BCUT2D eigenvalue weighted by Gasteiger charge is -2.12. The molecular weight excluding hydrogens is 605 g/mol. The smallest absolute Gasteiger partial charge is 0.0316 e. The second kappa shape index (κ2) is 23.0. The summed E-state index contributed by atoms with van der Waals surface area (Å²) in [6.07, 6.45) is 27.7. The molecule has 0 aromatic heterocycles. The summed E-state index contributed by atoms with van der Waals surface area (Å²) in [6, 6.07) is 31.8. The van der Waals surface area contributed by atoms with Gasteiger partial charge in [-0.05, 0) is 133 Å². The van der Waals surface area contributed by atoms with Gasteiger partial charge in [0.2, 0.25) is 0 Å². The van der Waals surface area contributed by atoms with Gasteiger partial charge >= 0.3 is 0 Å². The van der Waals surface area contributed by atoms with Crippen LogP contribution < -0.4 is 11.5 Å². The van der Waals surface area contributed by atoms with E-state index in [4.69, 9.17) is 11.5 Å². The molecule has 0 bridgehead atoms. The molecule has 0 heterocycles. The van der Waals surface area contributed by atoms with E-state index in [0.717, 1.165) is 37.1 Å². The van der Waals surface area contributed by atoms with Crippen molar-refractivity contribution >= 4 is 11.4 Å². The Labute approximate surface area is 306 Å². The Morgan fingerprint density at radius 2 is 0.640 bits per heavy atom. The SMILES string of the molecule is CCCCCCCc1cc(N)ccc1Cc1ccc(CCCCCCCCc2ccc(Cc3ccc(N)cc3CCCCCCC)cc2)cc1. The van der Waals surface area contributed by atoms with Crippen molar-refractivity contribution < 1.29 is 0 Å². The van der Waals surface area contributed by atoms with E-state index < -0.39 is 0 Å². The van der Waals surface area contributed by atoms with Crippen LogP contribution in [-0.2, 0) is 38.5 Å². The summed E-state index contributed by atoms with van der Waals surface area (Å²) in [5, 5.41) is 0. The van der Waals surface area contributed by atoms with Crippen LogP contribution >= 0.6 is 0 Å². The summed E-state index contributed by atoms with van der Waals surface area (Å²) in [6.45, 7) is 4.56. The van der Waals surface area contributed by atoms with Crippen LogP contribution in [-0.4, -0.2) is 0 Å². The van der Waals surface area contributed by atoms with Crippen LogP contribution in [0.4, 0.5) is 11.4 Å². The van der Waals surface area contributed by atoms with Crippen LogP contribution in [0.3, 0.4) is 0 Å². The maximum atomic E-state index is 6.15. The standard InChI is InChI=1S/C48H68N2/c1-3-5-7-11-17-21-43-37-47(49)33-31-45(43)35-41-27-23-39(24-28-41)19-15-13-9-10-14-16-20-40-25-29-42(30-26-40)36-46-32-34-48(50)38-44(46)22-18-12-8-6-4-2/h23-34,37-38H,3-22,35-36,49-50H2,1-2H3. The lowest BCUT2D eigenvalue weighted by atomic mass is 9.94. The van der Waals surface area contributed by atoms with Crippen LogP contribution in [0.15, 0.2) is 84.9 Å². The van der Waals surface area contributed by atoms with E-state index in [1.165, 1.54) is 160 Å². The average molecular weight is 673 g/mol. The molecule has 0 aliphatic rings. The molecule has 4 aromatic carbocycles. The molecule has 0 saturated heterocycles. The van der Waals surface area contributed by atoms with E-state index in [-0.39, 0.29) is 0 Å². The zero-order valence-electron chi connectivity index (χ0n) is 31.8. The number of nitrogens with two attached hydrogens (primary N) is 2. The van der Waals surface area contributed by atoms with Crippen LogP contribution in [0.2, 0.25) is 0 Å². The Hall–Kier alpha value is -3.52. The van der Waals surface area contributed by atoms with E-state index in [2.05, 4.69) is 98.8 Å². The van der Waals surface area contributed by atoms with E-state index >= 15 is 0 Å². The first-order valence-electron chi connectivity index (χ1n) is 20.4. The molecule has 0 fully saturated rings. The molecule has 0 aliphatic heterocycles.